The number of aryl methyl sites for hydroxylation is 2. The van der Waals surface area contributed by atoms with Gasteiger partial charge in [-0.15, -0.1) is 0 Å². The molecule has 6 heteroatoms. The molecule has 0 fully saturated rings. The van der Waals surface area contributed by atoms with Gasteiger partial charge in [-0.3, -0.25) is 0 Å². The summed E-state index contributed by atoms with van der Waals surface area (Å²) in [6, 6.07) is 8.09. The van der Waals surface area contributed by atoms with Gasteiger partial charge in [0.05, 0.1) is 24.1 Å². The Labute approximate surface area is 110 Å². The minimum atomic E-state index is 0.546. The number of imidazole rings is 1. The second kappa shape index (κ2) is 4.81. The Bertz CT molecular complexity index is 700. The van der Waals surface area contributed by atoms with Gasteiger partial charge < -0.3 is 14.4 Å². The molecule has 0 bridgehead atoms. The van der Waals surface area contributed by atoms with Gasteiger partial charge in [0, 0.05) is 7.05 Å². The van der Waals surface area contributed by atoms with Crippen LogP contribution in [0.2, 0.25) is 0 Å². The van der Waals surface area contributed by atoms with Crippen LogP contribution in [-0.4, -0.2) is 19.7 Å². The fraction of sp³-hybridized carbons (Fsp3) is 0.308. The van der Waals surface area contributed by atoms with E-state index in [-0.39, 0.29) is 0 Å². The molecule has 1 aromatic carbocycles. The van der Waals surface area contributed by atoms with Gasteiger partial charge in [0.25, 0.3) is 0 Å². The molecule has 0 aliphatic heterocycles. The van der Waals surface area contributed by atoms with Gasteiger partial charge in [0.2, 0.25) is 5.89 Å². The molecule has 1 N–H and O–H groups in total. The number of benzene rings is 1. The van der Waals surface area contributed by atoms with Crippen molar-refractivity contribution in [2.75, 3.05) is 0 Å². The maximum atomic E-state index is 5.04. The van der Waals surface area contributed by atoms with Gasteiger partial charge in [0.15, 0.2) is 5.82 Å². The normalized spacial score (nSPS) is 11.3. The van der Waals surface area contributed by atoms with Crippen molar-refractivity contribution >= 4 is 11.0 Å². The van der Waals surface area contributed by atoms with Gasteiger partial charge in [-0.2, -0.15) is 4.98 Å². The van der Waals surface area contributed by atoms with Crippen molar-refractivity contribution in [1.29, 1.82) is 0 Å². The zero-order chi connectivity index (χ0) is 13.2. The molecule has 98 valence electrons. The molecule has 3 aromatic rings. The quantitative estimate of drug-likeness (QED) is 0.768. The molecule has 0 aliphatic rings. The van der Waals surface area contributed by atoms with E-state index in [0.29, 0.717) is 24.8 Å². The first kappa shape index (κ1) is 11.9. The van der Waals surface area contributed by atoms with E-state index in [9.17, 15) is 0 Å². The number of fused-ring (bicyclic) bond motifs is 1. The van der Waals surface area contributed by atoms with Crippen LogP contribution < -0.4 is 5.32 Å². The van der Waals surface area contributed by atoms with Crippen molar-refractivity contribution in [3.05, 3.63) is 41.8 Å². The Balaban J connectivity index is 1.70. The van der Waals surface area contributed by atoms with E-state index in [1.165, 1.54) is 0 Å². The first-order valence-electron chi connectivity index (χ1n) is 6.14. The SMILES string of the molecule is Cc1noc(CNCc2nc3ccccc3n2C)n1. The molecule has 6 nitrogen and oxygen atoms in total. The summed E-state index contributed by atoms with van der Waals surface area (Å²) >= 11 is 0. The molecular formula is C13H15N5O. The van der Waals surface area contributed by atoms with E-state index in [2.05, 4.69) is 31.1 Å². The zero-order valence-corrected chi connectivity index (χ0v) is 10.9. The molecule has 19 heavy (non-hydrogen) atoms. The second-order valence-electron chi connectivity index (χ2n) is 4.41. The fourth-order valence-electron chi connectivity index (χ4n) is 2.05. The third kappa shape index (κ3) is 2.34. The van der Waals surface area contributed by atoms with Gasteiger partial charge >= 0.3 is 0 Å². The average molecular weight is 257 g/mol. The van der Waals surface area contributed by atoms with Crippen molar-refractivity contribution in [1.82, 2.24) is 25.0 Å². The summed E-state index contributed by atoms with van der Waals surface area (Å²) in [4.78, 5) is 8.72. The summed E-state index contributed by atoms with van der Waals surface area (Å²) in [5, 5.41) is 7.00. The number of nitrogens with zero attached hydrogens (tertiary/aromatic N) is 4. The molecule has 0 unspecified atom stereocenters. The third-order valence-electron chi connectivity index (χ3n) is 3.01. The molecule has 0 amide bonds. The number of hydrogen-bond donors (Lipinski definition) is 1. The molecule has 0 saturated carbocycles. The number of rotatable bonds is 4. The van der Waals surface area contributed by atoms with Crippen LogP contribution in [0.5, 0.6) is 0 Å². The van der Waals surface area contributed by atoms with Crippen LogP contribution in [0.1, 0.15) is 17.5 Å². The highest BCUT2D eigenvalue weighted by atomic mass is 16.5. The summed E-state index contributed by atoms with van der Waals surface area (Å²) in [7, 11) is 2.02. The van der Waals surface area contributed by atoms with E-state index in [1.807, 2.05) is 25.2 Å². The second-order valence-corrected chi connectivity index (χ2v) is 4.41. The van der Waals surface area contributed by atoms with Crippen LogP contribution in [0.3, 0.4) is 0 Å². The summed E-state index contributed by atoms with van der Waals surface area (Å²) in [6.45, 7) is 3.01. The first-order chi connectivity index (χ1) is 9.24. The van der Waals surface area contributed by atoms with E-state index in [4.69, 9.17) is 4.52 Å². The van der Waals surface area contributed by atoms with E-state index in [1.54, 1.807) is 6.92 Å². The van der Waals surface area contributed by atoms with Crippen molar-refractivity contribution in [3.8, 4) is 0 Å². The molecule has 2 heterocycles. The molecule has 0 saturated heterocycles. The van der Waals surface area contributed by atoms with Crippen molar-refractivity contribution < 1.29 is 4.52 Å². The molecule has 0 atom stereocenters. The highest BCUT2D eigenvalue weighted by molar-refractivity contribution is 5.75. The maximum absolute atomic E-state index is 5.04. The van der Waals surface area contributed by atoms with Gasteiger partial charge in [-0.25, -0.2) is 4.98 Å². The van der Waals surface area contributed by atoms with Gasteiger partial charge in [-0.1, -0.05) is 17.3 Å². The summed E-state index contributed by atoms with van der Waals surface area (Å²) in [5.41, 5.74) is 2.14. The van der Waals surface area contributed by atoms with Crippen molar-refractivity contribution in [3.63, 3.8) is 0 Å². The summed E-state index contributed by atoms with van der Waals surface area (Å²) in [6.07, 6.45) is 0. The van der Waals surface area contributed by atoms with E-state index < -0.39 is 0 Å². The molecular weight excluding hydrogens is 242 g/mol. The average Bonchev–Trinajstić information content (AvgIpc) is 2.96. The van der Waals surface area contributed by atoms with Crippen LogP contribution >= 0.6 is 0 Å². The fourth-order valence-corrected chi connectivity index (χ4v) is 2.05. The highest BCUT2D eigenvalue weighted by Crippen LogP contribution is 2.13. The largest absolute Gasteiger partial charge is 0.338 e. The monoisotopic (exact) mass is 257 g/mol. The predicted octanol–water partition coefficient (Wildman–Crippen LogP) is 1.55. The number of hydrogen-bond acceptors (Lipinski definition) is 5. The molecule has 0 aliphatic carbocycles. The van der Waals surface area contributed by atoms with Crippen LogP contribution in [0, 0.1) is 6.92 Å². The maximum Gasteiger partial charge on any atom is 0.240 e. The number of para-hydroxylation sites is 2. The Morgan fingerprint density at radius 2 is 2.05 bits per heavy atom. The summed E-state index contributed by atoms with van der Waals surface area (Å²) in [5.74, 6) is 2.23. The number of aromatic nitrogens is 4. The van der Waals surface area contributed by atoms with Crippen molar-refractivity contribution in [2.24, 2.45) is 7.05 Å². The van der Waals surface area contributed by atoms with Crippen LogP contribution in [0.25, 0.3) is 11.0 Å². The smallest absolute Gasteiger partial charge is 0.240 e. The summed E-state index contributed by atoms with van der Waals surface area (Å²) < 4.78 is 7.13. The minimum Gasteiger partial charge on any atom is -0.338 e. The van der Waals surface area contributed by atoms with E-state index >= 15 is 0 Å². The lowest BCUT2D eigenvalue weighted by Crippen LogP contribution is -2.16. The lowest BCUT2D eigenvalue weighted by molar-refractivity contribution is 0.363. The van der Waals surface area contributed by atoms with Crippen LogP contribution in [0.4, 0.5) is 0 Å². The van der Waals surface area contributed by atoms with Crippen LogP contribution in [0.15, 0.2) is 28.8 Å². The molecule has 3 rings (SSSR count). The Morgan fingerprint density at radius 3 is 2.79 bits per heavy atom. The Hall–Kier alpha value is -2.21. The highest BCUT2D eigenvalue weighted by Gasteiger charge is 2.07. The molecule has 2 aromatic heterocycles. The first-order valence-corrected chi connectivity index (χ1v) is 6.14. The number of nitrogens with one attached hydrogen (secondary N) is 1. The van der Waals surface area contributed by atoms with E-state index in [0.717, 1.165) is 16.9 Å². The molecule has 0 radical (unpaired) electrons. The van der Waals surface area contributed by atoms with Crippen molar-refractivity contribution in [2.45, 2.75) is 20.0 Å². The topological polar surface area (TPSA) is 68.8 Å². The Kier molecular flexibility index (Phi) is 3.00. The lowest BCUT2D eigenvalue weighted by Gasteiger charge is -2.02. The third-order valence-corrected chi connectivity index (χ3v) is 3.01. The zero-order valence-electron chi connectivity index (χ0n) is 10.9. The standard InChI is InChI=1S/C13H15N5O/c1-9-15-13(19-17-9)8-14-7-12-16-10-5-3-4-6-11(10)18(12)2/h3-6,14H,7-8H2,1-2H3. The Morgan fingerprint density at radius 1 is 1.21 bits per heavy atom. The van der Waals surface area contributed by atoms with Crippen LogP contribution in [-0.2, 0) is 20.1 Å². The van der Waals surface area contributed by atoms with Gasteiger partial charge in [0.1, 0.15) is 5.82 Å². The predicted molar refractivity (Wildman–Crippen MR) is 70.3 cm³/mol. The lowest BCUT2D eigenvalue weighted by atomic mass is 10.3. The minimum absolute atomic E-state index is 0.546. The molecule has 0 spiro atoms. The van der Waals surface area contributed by atoms with Gasteiger partial charge in [-0.05, 0) is 19.1 Å².